The molecule has 106 valence electrons. The third kappa shape index (κ3) is 2.38. The molecule has 2 aliphatic rings. The molecule has 1 saturated carbocycles. The van der Waals surface area contributed by atoms with E-state index in [1.807, 2.05) is 23.1 Å². The summed E-state index contributed by atoms with van der Waals surface area (Å²) in [6.07, 6.45) is 5.99. The normalized spacial score (nSPS) is 19.0. The van der Waals surface area contributed by atoms with E-state index in [2.05, 4.69) is 5.32 Å². The van der Waals surface area contributed by atoms with E-state index >= 15 is 0 Å². The van der Waals surface area contributed by atoms with Crippen molar-refractivity contribution in [2.75, 3.05) is 5.32 Å². The van der Waals surface area contributed by atoms with Gasteiger partial charge < -0.3 is 16.0 Å². The first-order valence-electron chi connectivity index (χ1n) is 7.16. The first kappa shape index (κ1) is 13.4. The van der Waals surface area contributed by atoms with Crippen LogP contribution in [0, 0.1) is 0 Å². The molecule has 0 spiro atoms. The van der Waals surface area contributed by atoms with Crippen LogP contribution in [-0.2, 0) is 6.54 Å². The monoisotopic (exact) mass is 289 g/mol. The van der Waals surface area contributed by atoms with E-state index in [1.165, 1.54) is 19.3 Å². The highest BCUT2D eigenvalue weighted by molar-refractivity contribution is 7.80. The Labute approximate surface area is 124 Å². The van der Waals surface area contributed by atoms with Crippen LogP contribution in [0.5, 0.6) is 0 Å². The molecule has 1 aromatic carbocycles. The Morgan fingerprint density at radius 3 is 2.75 bits per heavy atom. The van der Waals surface area contributed by atoms with Gasteiger partial charge in [0.05, 0.1) is 0 Å². The van der Waals surface area contributed by atoms with Crippen molar-refractivity contribution in [3.63, 3.8) is 0 Å². The Hall–Kier alpha value is -1.62. The minimum absolute atomic E-state index is 0.151. The smallest absolute Gasteiger partial charge is 0.254 e. The van der Waals surface area contributed by atoms with Gasteiger partial charge in [0.25, 0.3) is 5.91 Å². The fourth-order valence-corrected chi connectivity index (χ4v) is 3.40. The molecule has 0 atom stereocenters. The second kappa shape index (κ2) is 5.40. The number of benzene rings is 1. The first-order valence-corrected chi connectivity index (χ1v) is 7.57. The van der Waals surface area contributed by atoms with E-state index in [0.717, 1.165) is 29.7 Å². The standard InChI is InChI=1S/C15H19N3OS/c16-15(20)17-13-8-4-7-11-12(13)9-18(14(11)19)10-5-2-1-3-6-10/h4,7-8,10H,1-3,5-6,9H2,(H3,16,17,20). The van der Waals surface area contributed by atoms with Crippen molar-refractivity contribution in [1.82, 2.24) is 4.90 Å². The lowest BCUT2D eigenvalue weighted by atomic mass is 9.94. The molecular formula is C15H19N3OS. The minimum Gasteiger partial charge on any atom is -0.376 e. The lowest BCUT2D eigenvalue weighted by molar-refractivity contribution is 0.0660. The molecule has 0 aromatic heterocycles. The zero-order valence-corrected chi connectivity index (χ0v) is 12.2. The van der Waals surface area contributed by atoms with Gasteiger partial charge in [0, 0.05) is 29.4 Å². The summed E-state index contributed by atoms with van der Waals surface area (Å²) in [5.74, 6) is 0.151. The summed E-state index contributed by atoms with van der Waals surface area (Å²) >= 11 is 4.90. The van der Waals surface area contributed by atoms with Crippen LogP contribution in [0.3, 0.4) is 0 Å². The van der Waals surface area contributed by atoms with E-state index in [9.17, 15) is 4.79 Å². The van der Waals surface area contributed by atoms with Crippen molar-refractivity contribution in [3.8, 4) is 0 Å². The van der Waals surface area contributed by atoms with Gasteiger partial charge in [-0.3, -0.25) is 4.79 Å². The average molecular weight is 289 g/mol. The maximum absolute atomic E-state index is 12.6. The number of amides is 1. The summed E-state index contributed by atoms with van der Waals surface area (Å²) in [5.41, 5.74) is 8.23. The van der Waals surface area contributed by atoms with Crippen LogP contribution in [0.2, 0.25) is 0 Å². The number of carbonyl (C=O) groups is 1. The maximum atomic E-state index is 12.6. The third-order valence-electron chi connectivity index (χ3n) is 4.27. The maximum Gasteiger partial charge on any atom is 0.254 e. The van der Waals surface area contributed by atoms with Crippen LogP contribution >= 0.6 is 12.2 Å². The van der Waals surface area contributed by atoms with Gasteiger partial charge in [-0.25, -0.2) is 0 Å². The molecular weight excluding hydrogens is 270 g/mol. The minimum atomic E-state index is 0.151. The number of nitrogens with zero attached hydrogens (tertiary/aromatic N) is 1. The Balaban J connectivity index is 1.87. The predicted molar refractivity (Wildman–Crippen MR) is 83.6 cm³/mol. The van der Waals surface area contributed by atoms with Gasteiger partial charge >= 0.3 is 0 Å². The van der Waals surface area contributed by atoms with E-state index < -0.39 is 0 Å². The molecule has 1 amide bonds. The van der Waals surface area contributed by atoms with E-state index in [-0.39, 0.29) is 11.0 Å². The summed E-state index contributed by atoms with van der Waals surface area (Å²) in [4.78, 5) is 14.6. The number of hydrogen-bond acceptors (Lipinski definition) is 2. The molecule has 0 radical (unpaired) electrons. The molecule has 0 saturated heterocycles. The zero-order valence-electron chi connectivity index (χ0n) is 11.4. The Kier molecular flexibility index (Phi) is 3.61. The topological polar surface area (TPSA) is 58.4 Å². The summed E-state index contributed by atoms with van der Waals surface area (Å²) in [7, 11) is 0. The van der Waals surface area contributed by atoms with E-state index in [4.69, 9.17) is 18.0 Å². The summed E-state index contributed by atoms with van der Waals surface area (Å²) in [6, 6.07) is 6.09. The predicted octanol–water partition coefficient (Wildman–Crippen LogP) is 2.63. The van der Waals surface area contributed by atoms with Crippen molar-refractivity contribution < 1.29 is 4.79 Å². The van der Waals surface area contributed by atoms with Crippen molar-refractivity contribution >= 4 is 28.9 Å². The molecule has 1 aliphatic carbocycles. The molecule has 1 fully saturated rings. The molecule has 5 heteroatoms. The van der Waals surface area contributed by atoms with Gasteiger partial charge in [-0.2, -0.15) is 0 Å². The van der Waals surface area contributed by atoms with Gasteiger partial charge in [-0.1, -0.05) is 25.3 Å². The summed E-state index contributed by atoms with van der Waals surface area (Å²) in [6.45, 7) is 0.671. The number of anilines is 1. The SMILES string of the molecule is NC(=S)Nc1cccc2c1CN(C1CCCCC1)C2=O. The summed E-state index contributed by atoms with van der Waals surface area (Å²) in [5, 5.41) is 3.22. The number of nitrogens with two attached hydrogens (primary N) is 1. The van der Waals surface area contributed by atoms with Gasteiger partial charge in [0.2, 0.25) is 0 Å². The summed E-state index contributed by atoms with van der Waals surface area (Å²) < 4.78 is 0. The van der Waals surface area contributed by atoms with Crippen LogP contribution in [0.15, 0.2) is 18.2 Å². The molecule has 4 nitrogen and oxygen atoms in total. The van der Waals surface area contributed by atoms with Crippen molar-refractivity contribution in [3.05, 3.63) is 29.3 Å². The first-order chi connectivity index (χ1) is 9.66. The molecule has 0 bridgehead atoms. The van der Waals surface area contributed by atoms with E-state index in [0.29, 0.717) is 12.6 Å². The second-order valence-electron chi connectivity index (χ2n) is 5.55. The van der Waals surface area contributed by atoms with Crippen LogP contribution in [-0.4, -0.2) is 22.0 Å². The lowest BCUT2D eigenvalue weighted by Crippen LogP contribution is -2.36. The molecule has 3 rings (SSSR count). The van der Waals surface area contributed by atoms with Gasteiger partial charge in [0.15, 0.2) is 5.11 Å². The highest BCUT2D eigenvalue weighted by Gasteiger charge is 2.34. The molecule has 0 unspecified atom stereocenters. The lowest BCUT2D eigenvalue weighted by Gasteiger charge is -2.30. The molecule has 20 heavy (non-hydrogen) atoms. The van der Waals surface area contributed by atoms with Gasteiger partial charge in [-0.15, -0.1) is 0 Å². The van der Waals surface area contributed by atoms with Gasteiger partial charge in [-0.05, 0) is 37.2 Å². The van der Waals surface area contributed by atoms with Crippen LogP contribution in [0.25, 0.3) is 0 Å². The molecule has 1 aromatic rings. The van der Waals surface area contributed by atoms with E-state index in [1.54, 1.807) is 0 Å². The molecule has 1 heterocycles. The highest BCUT2D eigenvalue weighted by Crippen LogP contribution is 2.34. The van der Waals surface area contributed by atoms with Crippen molar-refractivity contribution in [2.24, 2.45) is 5.73 Å². The number of fused-ring (bicyclic) bond motifs is 1. The fraction of sp³-hybridized carbons (Fsp3) is 0.467. The quantitative estimate of drug-likeness (QED) is 0.822. The molecule has 3 N–H and O–H groups in total. The van der Waals surface area contributed by atoms with Gasteiger partial charge in [0.1, 0.15) is 0 Å². The zero-order chi connectivity index (χ0) is 14.1. The molecule has 1 aliphatic heterocycles. The van der Waals surface area contributed by atoms with Crippen LogP contribution in [0.1, 0.15) is 48.0 Å². The Morgan fingerprint density at radius 2 is 2.05 bits per heavy atom. The Bertz CT molecular complexity index is 552. The fourth-order valence-electron chi connectivity index (χ4n) is 3.29. The van der Waals surface area contributed by atoms with Crippen LogP contribution in [0.4, 0.5) is 5.69 Å². The number of thiocarbonyl (C=S) groups is 1. The number of hydrogen-bond donors (Lipinski definition) is 2. The number of nitrogens with one attached hydrogen (secondary N) is 1. The van der Waals surface area contributed by atoms with Crippen molar-refractivity contribution in [1.29, 1.82) is 0 Å². The largest absolute Gasteiger partial charge is 0.376 e. The van der Waals surface area contributed by atoms with Crippen LogP contribution < -0.4 is 11.1 Å². The second-order valence-corrected chi connectivity index (χ2v) is 5.99. The third-order valence-corrected chi connectivity index (χ3v) is 4.37. The number of rotatable bonds is 2. The number of carbonyl (C=O) groups excluding carboxylic acids is 1. The Morgan fingerprint density at radius 1 is 1.30 bits per heavy atom. The van der Waals surface area contributed by atoms with Crippen molar-refractivity contribution in [2.45, 2.75) is 44.7 Å². The average Bonchev–Trinajstić information content (AvgIpc) is 2.78. The highest BCUT2D eigenvalue weighted by atomic mass is 32.1.